The van der Waals surface area contributed by atoms with Crippen molar-refractivity contribution >= 4 is 23.3 Å². The van der Waals surface area contributed by atoms with Crippen molar-refractivity contribution in [2.24, 2.45) is 23.7 Å². The molecule has 1 aromatic carbocycles. The zero-order valence-corrected chi connectivity index (χ0v) is 25.8. The van der Waals surface area contributed by atoms with Gasteiger partial charge in [-0.05, 0) is 74.5 Å². The van der Waals surface area contributed by atoms with Gasteiger partial charge in [-0.25, -0.2) is 9.37 Å². The van der Waals surface area contributed by atoms with Crippen LogP contribution in [0.25, 0.3) is 0 Å². The highest BCUT2D eigenvalue weighted by Crippen LogP contribution is 2.65. The minimum absolute atomic E-state index is 0.0116. The summed E-state index contributed by atoms with van der Waals surface area (Å²) in [6.45, 7) is 3.30. The van der Waals surface area contributed by atoms with Crippen LogP contribution >= 0.6 is 0 Å². The van der Waals surface area contributed by atoms with E-state index in [0.29, 0.717) is 25.3 Å². The van der Waals surface area contributed by atoms with Gasteiger partial charge in [0.25, 0.3) is 5.91 Å². The van der Waals surface area contributed by atoms with Crippen molar-refractivity contribution in [1.82, 2.24) is 20.2 Å². The number of fused-ring (bicyclic) bond motifs is 2. The third-order valence-electron chi connectivity index (χ3n) is 10.9. The summed E-state index contributed by atoms with van der Waals surface area (Å²) in [7, 11) is 1.36. The van der Waals surface area contributed by atoms with Crippen molar-refractivity contribution in [2.45, 2.75) is 55.8 Å². The molecule has 11 nitrogen and oxygen atoms in total. The second-order valence-corrected chi connectivity index (χ2v) is 13.6. The van der Waals surface area contributed by atoms with E-state index in [-0.39, 0.29) is 64.1 Å². The van der Waals surface area contributed by atoms with Crippen LogP contribution in [0.15, 0.2) is 18.2 Å². The fourth-order valence-corrected chi connectivity index (χ4v) is 8.88. The summed E-state index contributed by atoms with van der Waals surface area (Å²) in [6.07, 6.45) is 0.133. The Labute approximate surface area is 268 Å². The van der Waals surface area contributed by atoms with E-state index in [1.807, 2.05) is 6.07 Å². The number of rotatable bonds is 9. The van der Waals surface area contributed by atoms with E-state index >= 15 is 0 Å². The number of benzene rings is 1. The molecule has 3 N–H and O–H groups in total. The van der Waals surface area contributed by atoms with Crippen LogP contribution < -0.4 is 20.7 Å². The summed E-state index contributed by atoms with van der Waals surface area (Å²) < 4.78 is 64.6. The molecule has 5 saturated carbocycles. The van der Waals surface area contributed by atoms with Gasteiger partial charge in [-0.3, -0.25) is 14.5 Å². The average molecular weight is 658 g/mol. The minimum atomic E-state index is -4.91. The number of halogens is 4. The number of hydrogen-bond donors (Lipinski definition) is 3. The Morgan fingerprint density at radius 2 is 1.87 bits per heavy atom. The first-order chi connectivity index (χ1) is 22.4. The van der Waals surface area contributed by atoms with Crippen LogP contribution in [0, 0.1) is 40.8 Å². The number of nitrogens with one attached hydrogen (secondary N) is 3. The van der Waals surface area contributed by atoms with Crippen LogP contribution in [0.2, 0.25) is 0 Å². The maximum absolute atomic E-state index is 13.8. The van der Waals surface area contributed by atoms with E-state index in [2.05, 4.69) is 30.8 Å². The molecule has 1 aliphatic heterocycles. The van der Waals surface area contributed by atoms with Crippen LogP contribution in [0.1, 0.15) is 60.3 Å². The Morgan fingerprint density at radius 1 is 1.15 bits per heavy atom. The van der Waals surface area contributed by atoms with E-state index in [1.54, 1.807) is 0 Å². The largest absolute Gasteiger partial charge is 0.480 e. The number of carbonyl (C=O) groups excluding carboxylic acids is 2. The van der Waals surface area contributed by atoms with Crippen molar-refractivity contribution in [3.05, 3.63) is 41.0 Å². The molecule has 1 aromatic heterocycles. The van der Waals surface area contributed by atoms with Gasteiger partial charge in [0.1, 0.15) is 23.3 Å². The molecule has 2 amide bonds. The minimum Gasteiger partial charge on any atom is -0.480 e. The Morgan fingerprint density at radius 3 is 2.55 bits per heavy atom. The molecular formula is C32H35F4N7O4. The number of carbonyl (C=O) groups is 2. The maximum atomic E-state index is 13.8. The average Bonchev–Trinajstić information content (AvgIpc) is 3.63. The molecule has 1 saturated heterocycles. The van der Waals surface area contributed by atoms with Gasteiger partial charge in [-0.15, -0.1) is 0 Å². The van der Waals surface area contributed by atoms with Crippen LogP contribution in [0.5, 0.6) is 5.88 Å². The fourth-order valence-electron chi connectivity index (χ4n) is 8.88. The van der Waals surface area contributed by atoms with Gasteiger partial charge in [0.2, 0.25) is 17.6 Å². The highest BCUT2D eigenvalue weighted by atomic mass is 19.4. The first-order valence-electron chi connectivity index (χ1n) is 15.9. The molecule has 5 aliphatic carbocycles. The third kappa shape index (κ3) is 5.54. The lowest BCUT2D eigenvalue weighted by atomic mass is 9.43. The predicted molar refractivity (Wildman–Crippen MR) is 159 cm³/mol. The van der Waals surface area contributed by atoms with E-state index in [4.69, 9.17) is 9.47 Å². The molecule has 6 fully saturated rings. The number of nitriles is 1. The molecule has 47 heavy (non-hydrogen) atoms. The highest BCUT2D eigenvalue weighted by molar-refractivity contribution is 6.01. The molecule has 4 atom stereocenters. The summed E-state index contributed by atoms with van der Waals surface area (Å²) >= 11 is 0. The van der Waals surface area contributed by atoms with Crippen LogP contribution in [-0.2, 0) is 15.7 Å². The summed E-state index contributed by atoms with van der Waals surface area (Å²) in [5.41, 5.74) is -1.70. The molecule has 0 unspecified atom stereocenters. The van der Waals surface area contributed by atoms with E-state index in [0.717, 1.165) is 57.7 Å². The molecule has 0 radical (unpaired) electrons. The number of nitrogens with zero attached hydrogens (tertiary/aromatic N) is 4. The smallest absolute Gasteiger partial charge is 0.419 e. The van der Waals surface area contributed by atoms with Crippen molar-refractivity contribution in [3.63, 3.8) is 0 Å². The summed E-state index contributed by atoms with van der Waals surface area (Å²) in [5, 5.41) is 18.5. The molecule has 4 bridgehead atoms. The highest BCUT2D eigenvalue weighted by Gasteiger charge is 2.70. The lowest BCUT2D eigenvalue weighted by Crippen LogP contribution is -2.82. The monoisotopic (exact) mass is 657 g/mol. The quantitative estimate of drug-likeness (QED) is 0.342. The van der Waals surface area contributed by atoms with Gasteiger partial charge in [0.15, 0.2) is 0 Å². The zero-order valence-electron chi connectivity index (χ0n) is 25.8. The molecule has 250 valence electrons. The number of alkyl halides is 3. The number of aromatic nitrogens is 2. The molecule has 0 spiro atoms. The van der Waals surface area contributed by atoms with Gasteiger partial charge in [-0.2, -0.15) is 23.4 Å². The van der Waals surface area contributed by atoms with Crippen molar-refractivity contribution in [2.75, 3.05) is 50.6 Å². The normalized spacial score (nSPS) is 30.9. The fraction of sp³-hybridized carbons (Fsp3) is 0.594. The Bertz CT molecular complexity index is 1620. The molecule has 6 aliphatic rings. The molecular weight excluding hydrogens is 622 g/mol. The predicted octanol–water partition coefficient (Wildman–Crippen LogP) is 3.96. The molecule has 8 rings (SSSR count). The van der Waals surface area contributed by atoms with Gasteiger partial charge in [0.05, 0.1) is 25.9 Å². The maximum Gasteiger partial charge on any atom is 0.419 e. The number of amides is 2. The second kappa shape index (κ2) is 11.6. The Hall–Kier alpha value is -4.03. The number of methoxy groups -OCH3 is 1. The third-order valence-corrected chi connectivity index (χ3v) is 10.9. The zero-order chi connectivity index (χ0) is 33.1. The lowest BCUT2D eigenvalue weighted by molar-refractivity contribution is -0.172. The number of ether oxygens (including phenoxy) is 2. The standard InChI is InChI=1S/C32H35F4N7O4/c1-46-29-25(26(40-23(12-37)41-29)42-30-14-31(15-30,16-30)43-6-8-47-9-7-43)27(44)38-13-20-17-2-3-18(10-17)24(20)28(45)39-19-4-5-22(33)21(11-19)32(34,35)36/h4-5,11,17-18,20,24H,2-3,6-10,13-16H2,1H3,(H,38,44)(H,39,45)(H,40,41,42)/t17-,18+,20+,24-,30?,31?/m0/s1. The summed E-state index contributed by atoms with van der Waals surface area (Å²) in [6, 6.07) is 4.31. The van der Waals surface area contributed by atoms with E-state index in [9.17, 15) is 32.4 Å². The van der Waals surface area contributed by atoms with Crippen molar-refractivity contribution in [3.8, 4) is 11.9 Å². The molecule has 2 heterocycles. The lowest BCUT2D eigenvalue weighted by Gasteiger charge is -2.74. The Balaban J connectivity index is 1.06. The van der Waals surface area contributed by atoms with Gasteiger partial charge < -0.3 is 25.4 Å². The second-order valence-electron chi connectivity index (χ2n) is 13.6. The number of hydrogen-bond acceptors (Lipinski definition) is 9. The van der Waals surface area contributed by atoms with Crippen molar-refractivity contribution in [1.29, 1.82) is 5.26 Å². The van der Waals surface area contributed by atoms with Gasteiger partial charge >= 0.3 is 6.18 Å². The first kappa shape index (κ1) is 31.6. The van der Waals surface area contributed by atoms with Crippen molar-refractivity contribution < 1.29 is 36.6 Å². The van der Waals surface area contributed by atoms with E-state index < -0.39 is 35.3 Å². The van der Waals surface area contributed by atoms with Gasteiger partial charge in [0, 0.05) is 42.3 Å². The number of anilines is 2. The summed E-state index contributed by atoms with van der Waals surface area (Å²) in [4.78, 5) is 38.2. The topological polar surface area (TPSA) is 142 Å². The summed E-state index contributed by atoms with van der Waals surface area (Å²) in [5.74, 6) is -3.07. The number of morpholine rings is 1. The SMILES string of the molecule is COc1nc(C#N)nc(NC23CC(N4CCOCC4)(C2)C3)c1C(=O)NC[C@@H]1[C@H]2CC[C@H](C2)[C@@H]1C(=O)Nc1ccc(F)c(C(F)(F)F)c1. The van der Waals surface area contributed by atoms with Crippen LogP contribution in [0.4, 0.5) is 29.1 Å². The van der Waals surface area contributed by atoms with Crippen LogP contribution in [-0.4, -0.2) is 77.7 Å². The van der Waals surface area contributed by atoms with E-state index in [1.165, 1.54) is 7.11 Å². The van der Waals surface area contributed by atoms with Gasteiger partial charge in [-0.1, -0.05) is 0 Å². The first-order valence-corrected chi connectivity index (χ1v) is 15.9. The molecule has 15 heteroatoms. The van der Waals surface area contributed by atoms with Crippen LogP contribution in [0.3, 0.4) is 0 Å². The Kier molecular flexibility index (Phi) is 7.78. The molecule has 2 aromatic rings.